The van der Waals surface area contributed by atoms with Crippen LogP contribution in [0.4, 0.5) is 0 Å². The highest BCUT2D eigenvalue weighted by Crippen LogP contribution is 2.36. The van der Waals surface area contributed by atoms with Crippen LogP contribution in [0.25, 0.3) is 0 Å². The van der Waals surface area contributed by atoms with Gasteiger partial charge in [-0.15, -0.1) is 0 Å². The summed E-state index contributed by atoms with van der Waals surface area (Å²) < 4.78 is 4.67. The summed E-state index contributed by atoms with van der Waals surface area (Å²) in [6.07, 6.45) is 1.70. The lowest BCUT2D eigenvalue weighted by atomic mass is 9.91. The monoisotopic (exact) mass is 391 g/mol. The van der Waals surface area contributed by atoms with Crippen molar-refractivity contribution in [3.05, 3.63) is 11.4 Å². The van der Waals surface area contributed by atoms with Crippen LogP contribution in [0.5, 0.6) is 0 Å². The summed E-state index contributed by atoms with van der Waals surface area (Å²) in [5.74, 6) is -0.119. The Kier molecular flexibility index (Phi) is 6.00. The Morgan fingerprint density at radius 3 is 2.68 bits per heavy atom. The number of nitrogens with one attached hydrogen (secondary N) is 1. The van der Waals surface area contributed by atoms with Gasteiger partial charge in [0, 0.05) is 19.0 Å². The fourth-order valence-electron chi connectivity index (χ4n) is 4.31. The number of piperazine rings is 1. The SMILES string of the molecule is CCC(=O)N1CC(=O)N2[C@@H](C[C@H](C(=O)NCc3nonc3C)[C@@H]2CC(C)C)C1. The van der Waals surface area contributed by atoms with Crippen molar-refractivity contribution in [2.45, 2.75) is 65.6 Å². The molecule has 2 fully saturated rings. The van der Waals surface area contributed by atoms with E-state index in [-0.39, 0.29) is 48.8 Å². The van der Waals surface area contributed by atoms with Crippen molar-refractivity contribution in [3.63, 3.8) is 0 Å². The molecule has 0 bridgehead atoms. The predicted octanol–water partition coefficient (Wildman–Crippen LogP) is 0.878. The average molecular weight is 391 g/mol. The molecule has 154 valence electrons. The first-order chi connectivity index (χ1) is 13.3. The molecule has 0 aromatic carbocycles. The normalized spacial score (nSPS) is 24.6. The van der Waals surface area contributed by atoms with Gasteiger partial charge < -0.3 is 15.1 Å². The van der Waals surface area contributed by atoms with Gasteiger partial charge in [0.15, 0.2) is 0 Å². The summed E-state index contributed by atoms with van der Waals surface area (Å²) in [5.41, 5.74) is 1.24. The molecule has 2 saturated heterocycles. The minimum Gasteiger partial charge on any atom is -0.350 e. The van der Waals surface area contributed by atoms with E-state index in [9.17, 15) is 14.4 Å². The summed E-state index contributed by atoms with van der Waals surface area (Å²) in [7, 11) is 0. The number of amides is 3. The third kappa shape index (κ3) is 4.02. The Hall–Kier alpha value is -2.45. The van der Waals surface area contributed by atoms with E-state index in [1.807, 2.05) is 4.90 Å². The summed E-state index contributed by atoms with van der Waals surface area (Å²) in [5, 5.41) is 10.4. The molecule has 0 radical (unpaired) electrons. The van der Waals surface area contributed by atoms with Gasteiger partial charge in [-0.1, -0.05) is 31.1 Å². The molecular weight excluding hydrogens is 362 g/mol. The lowest BCUT2D eigenvalue weighted by Gasteiger charge is -2.40. The largest absolute Gasteiger partial charge is 0.350 e. The number of fused-ring (bicyclic) bond motifs is 1. The van der Waals surface area contributed by atoms with Crippen molar-refractivity contribution in [2.75, 3.05) is 13.1 Å². The van der Waals surface area contributed by atoms with E-state index in [1.165, 1.54) is 0 Å². The molecule has 3 atom stereocenters. The maximum atomic E-state index is 13.0. The number of hydrogen-bond donors (Lipinski definition) is 1. The van der Waals surface area contributed by atoms with Crippen molar-refractivity contribution in [3.8, 4) is 0 Å². The molecule has 1 aromatic rings. The van der Waals surface area contributed by atoms with Crippen molar-refractivity contribution in [2.24, 2.45) is 11.8 Å². The quantitative estimate of drug-likeness (QED) is 0.771. The fourth-order valence-corrected chi connectivity index (χ4v) is 4.31. The van der Waals surface area contributed by atoms with Crippen LogP contribution in [-0.2, 0) is 20.9 Å². The summed E-state index contributed by atoms with van der Waals surface area (Å²) in [6, 6.07) is -0.250. The van der Waals surface area contributed by atoms with Crippen molar-refractivity contribution < 1.29 is 19.0 Å². The number of aryl methyl sites for hydroxylation is 1. The number of hydrogen-bond acceptors (Lipinski definition) is 6. The number of nitrogens with zero attached hydrogens (tertiary/aromatic N) is 4. The van der Waals surface area contributed by atoms with Gasteiger partial charge in [0.1, 0.15) is 11.4 Å². The van der Waals surface area contributed by atoms with Gasteiger partial charge in [0.25, 0.3) is 0 Å². The molecule has 0 unspecified atom stereocenters. The topological polar surface area (TPSA) is 109 Å². The second kappa shape index (κ2) is 8.28. The Bertz CT molecular complexity index is 746. The van der Waals surface area contributed by atoms with E-state index in [1.54, 1.807) is 18.7 Å². The zero-order valence-corrected chi connectivity index (χ0v) is 17.0. The second-order valence-electron chi connectivity index (χ2n) is 8.14. The molecular formula is C19H29N5O4. The second-order valence-corrected chi connectivity index (χ2v) is 8.14. The third-order valence-corrected chi connectivity index (χ3v) is 5.67. The van der Waals surface area contributed by atoms with Crippen molar-refractivity contribution >= 4 is 17.7 Å². The number of rotatable bonds is 6. The van der Waals surface area contributed by atoms with E-state index in [0.717, 1.165) is 6.42 Å². The summed E-state index contributed by atoms with van der Waals surface area (Å²) >= 11 is 0. The molecule has 2 aliphatic heterocycles. The molecule has 1 N–H and O–H groups in total. The Morgan fingerprint density at radius 2 is 2.07 bits per heavy atom. The average Bonchev–Trinajstić information content (AvgIpc) is 3.22. The fraction of sp³-hybridized carbons (Fsp3) is 0.737. The molecule has 1 aromatic heterocycles. The Morgan fingerprint density at radius 1 is 1.32 bits per heavy atom. The molecule has 0 spiro atoms. The van der Waals surface area contributed by atoms with Gasteiger partial charge in [-0.25, -0.2) is 4.63 Å². The molecule has 28 heavy (non-hydrogen) atoms. The van der Waals surface area contributed by atoms with E-state index in [2.05, 4.69) is 34.1 Å². The first kappa shape index (κ1) is 20.3. The van der Waals surface area contributed by atoms with E-state index in [0.29, 0.717) is 36.7 Å². The van der Waals surface area contributed by atoms with E-state index < -0.39 is 0 Å². The molecule has 3 amide bonds. The highest BCUT2D eigenvalue weighted by molar-refractivity contribution is 5.88. The standard InChI is InChI=1S/C19H29N5O4/c1-5-17(25)23-9-13-7-14(16(6-11(2)3)24(13)18(26)10-23)19(27)20-8-15-12(4)21-28-22-15/h11,13-14,16H,5-10H2,1-4H3,(H,20,27)/t13-,14-,16-/m0/s1. The zero-order chi connectivity index (χ0) is 20.4. The number of carbonyl (C=O) groups is 3. The first-order valence-corrected chi connectivity index (χ1v) is 9.96. The highest BCUT2D eigenvalue weighted by atomic mass is 16.6. The number of aromatic nitrogens is 2. The third-order valence-electron chi connectivity index (χ3n) is 5.67. The van der Waals surface area contributed by atoms with Gasteiger partial charge in [0.2, 0.25) is 17.7 Å². The smallest absolute Gasteiger partial charge is 0.242 e. The predicted molar refractivity (Wildman–Crippen MR) is 99.7 cm³/mol. The number of carbonyl (C=O) groups excluding carboxylic acids is 3. The molecule has 0 saturated carbocycles. The molecule has 0 aliphatic carbocycles. The van der Waals surface area contributed by atoms with Gasteiger partial charge in [0.05, 0.1) is 25.0 Å². The minimum absolute atomic E-state index is 0.0182. The lowest BCUT2D eigenvalue weighted by molar-refractivity contribution is -0.149. The van der Waals surface area contributed by atoms with Crippen molar-refractivity contribution in [1.29, 1.82) is 0 Å². The van der Waals surface area contributed by atoms with Gasteiger partial charge in [-0.3, -0.25) is 14.4 Å². The minimum atomic E-state index is -0.298. The van der Waals surface area contributed by atoms with Crippen LogP contribution in [0.1, 0.15) is 51.4 Å². The zero-order valence-electron chi connectivity index (χ0n) is 17.0. The van der Waals surface area contributed by atoms with Crippen LogP contribution in [0.2, 0.25) is 0 Å². The van der Waals surface area contributed by atoms with Gasteiger partial charge in [-0.05, 0) is 25.7 Å². The first-order valence-electron chi connectivity index (χ1n) is 9.96. The molecule has 3 heterocycles. The van der Waals surface area contributed by atoms with Crippen LogP contribution in [0.3, 0.4) is 0 Å². The van der Waals surface area contributed by atoms with Crippen LogP contribution >= 0.6 is 0 Å². The molecule has 3 rings (SSSR count). The maximum absolute atomic E-state index is 13.0. The summed E-state index contributed by atoms with van der Waals surface area (Å²) in [4.78, 5) is 41.4. The molecule has 9 nitrogen and oxygen atoms in total. The Labute approximate surface area is 164 Å². The van der Waals surface area contributed by atoms with E-state index >= 15 is 0 Å². The highest BCUT2D eigenvalue weighted by Gasteiger charge is 2.49. The molecule has 2 aliphatic rings. The maximum Gasteiger partial charge on any atom is 0.242 e. The van der Waals surface area contributed by atoms with Gasteiger partial charge >= 0.3 is 0 Å². The Balaban J connectivity index is 1.74. The lowest BCUT2D eigenvalue weighted by Crippen LogP contribution is -2.57. The molecule has 9 heteroatoms. The summed E-state index contributed by atoms with van der Waals surface area (Å²) in [6.45, 7) is 8.61. The van der Waals surface area contributed by atoms with E-state index in [4.69, 9.17) is 0 Å². The van der Waals surface area contributed by atoms with Gasteiger partial charge in [-0.2, -0.15) is 0 Å². The van der Waals surface area contributed by atoms with Crippen LogP contribution in [0, 0.1) is 18.8 Å². The van der Waals surface area contributed by atoms with Crippen LogP contribution in [0.15, 0.2) is 4.63 Å². The van der Waals surface area contributed by atoms with Crippen LogP contribution in [-0.4, -0.2) is 63.0 Å². The van der Waals surface area contributed by atoms with Crippen molar-refractivity contribution in [1.82, 2.24) is 25.4 Å². The van der Waals surface area contributed by atoms with Crippen LogP contribution < -0.4 is 5.32 Å².